The molecule has 0 fully saturated rings. The third kappa shape index (κ3) is 9.44. The first-order chi connectivity index (χ1) is 30.4. The number of nitrogens with zero attached hydrogens (tertiary/aromatic N) is 3. The molecular formula is C47H29Cl4N7O5. The van der Waals surface area contributed by atoms with E-state index in [4.69, 9.17) is 46.4 Å². The van der Waals surface area contributed by atoms with Gasteiger partial charge in [-0.25, -0.2) is 4.99 Å². The van der Waals surface area contributed by atoms with Gasteiger partial charge in [-0.15, -0.1) is 0 Å². The van der Waals surface area contributed by atoms with Crippen LogP contribution in [0.4, 0.5) is 28.4 Å². The molecule has 2 aliphatic rings. The lowest BCUT2D eigenvalue weighted by Gasteiger charge is -2.18. The number of aliphatic imine (C=N–C) groups is 1. The van der Waals surface area contributed by atoms with Crippen LogP contribution in [0.5, 0.6) is 0 Å². The Morgan fingerprint density at radius 2 is 0.952 bits per heavy atom. The Balaban J connectivity index is 0.920. The van der Waals surface area contributed by atoms with Crippen LogP contribution < -0.4 is 21.5 Å². The van der Waals surface area contributed by atoms with Crippen molar-refractivity contribution in [2.24, 2.45) is 15.2 Å². The van der Waals surface area contributed by atoms with Gasteiger partial charge >= 0.3 is 0 Å². The summed E-state index contributed by atoms with van der Waals surface area (Å²) in [5, 5.41) is 26.5. The molecule has 12 nitrogen and oxygen atoms in total. The zero-order valence-electron chi connectivity index (χ0n) is 32.3. The second-order valence-corrected chi connectivity index (χ2v) is 15.5. The number of aliphatic hydroxyl groups excluding tert-OH is 1. The third-order valence-corrected chi connectivity index (χ3v) is 10.8. The lowest BCUT2D eigenvalue weighted by Crippen LogP contribution is -2.30. The van der Waals surface area contributed by atoms with Gasteiger partial charge in [-0.1, -0.05) is 94.9 Å². The van der Waals surface area contributed by atoms with E-state index in [1.807, 2.05) is 0 Å². The zero-order chi connectivity index (χ0) is 44.2. The normalized spacial score (nSPS) is 14.6. The van der Waals surface area contributed by atoms with Crippen molar-refractivity contribution in [3.63, 3.8) is 0 Å². The van der Waals surface area contributed by atoms with Crippen LogP contribution in [0.15, 0.2) is 160 Å². The molecule has 6 aromatic rings. The van der Waals surface area contributed by atoms with Crippen LogP contribution in [0.3, 0.4) is 0 Å². The van der Waals surface area contributed by atoms with Gasteiger partial charge in [-0.2, -0.15) is 10.2 Å². The van der Waals surface area contributed by atoms with Crippen molar-refractivity contribution in [2.45, 2.75) is 0 Å². The molecule has 6 aromatic carbocycles. The van der Waals surface area contributed by atoms with E-state index in [0.29, 0.717) is 76.3 Å². The number of benzene rings is 6. The summed E-state index contributed by atoms with van der Waals surface area (Å²) in [6, 6.07) is 36.1. The first-order valence-corrected chi connectivity index (χ1v) is 20.3. The van der Waals surface area contributed by atoms with E-state index >= 15 is 0 Å². The molecule has 0 aliphatic heterocycles. The van der Waals surface area contributed by atoms with Crippen molar-refractivity contribution in [1.82, 2.24) is 0 Å². The van der Waals surface area contributed by atoms with Gasteiger partial charge in [0.1, 0.15) is 11.4 Å². The number of nitrogens with one attached hydrogen (secondary N) is 4. The van der Waals surface area contributed by atoms with Gasteiger partial charge in [-0.3, -0.25) is 30.0 Å². The molecule has 0 spiro atoms. The molecule has 0 atom stereocenters. The minimum Gasteiger partial charge on any atom is -0.493 e. The molecule has 0 aromatic heterocycles. The number of anilines is 4. The number of Topliss-reactive ketones (excluding diaryl/α,β-unsaturated/α-hetero) is 2. The van der Waals surface area contributed by atoms with E-state index in [9.17, 15) is 24.3 Å². The molecule has 2 amide bonds. The maximum absolute atomic E-state index is 13.6. The number of halogens is 4. The number of hydrazone groups is 2. The largest absolute Gasteiger partial charge is 0.493 e. The number of hydrogen-bond donors (Lipinski definition) is 5. The number of hydrogen-bond acceptors (Lipinski definition) is 9. The van der Waals surface area contributed by atoms with Gasteiger partial charge in [-0.05, 0) is 108 Å². The highest BCUT2D eigenvalue weighted by Gasteiger charge is 2.32. The van der Waals surface area contributed by atoms with Crippen molar-refractivity contribution in [3.8, 4) is 0 Å². The number of carbonyl (C=O) groups is 4. The smallest absolute Gasteiger partial charge is 0.259 e. The van der Waals surface area contributed by atoms with Gasteiger partial charge in [0.05, 0.1) is 38.3 Å². The molecule has 0 heterocycles. The lowest BCUT2D eigenvalue weighted by molar-refractivity contribution is -0.118. The Labute approximate surface area is 379 Å². The molecule has 63 heavy (non-hydrogen) atoms. The van der Waals surface area contributed by atoms with Gasteiger partial charge in [0, 0.05) is 38.1 Å². The van der Waals surface area contributed by atoms with Crippen molar-refractivity contribution in [2.75, 3.05) is 21.5 Å². The van der Waals surface area contributed by atoms with E-state index < -0.39 is 23.4 Å². The standard InChI is InChI=1S/C47H29Cl4N7O5/c48-28-11-19-37(50)39(23-28)55-57-41-33-7-3-1-5-26(33)21-35(43(41)59)46(62)53-30-13-9-25(10-14-30)45(61)52-31-15-17-32(18-16-31)54-47(63)36-22-27-6-2-4-8-34(27)42(44(36)60)58-56-40-24-29(49)12-20-38(40)51/h1-24,55-56H,(H,52,61)(H,53,62)(H,54,63)/b57-41+,58-42-. The molecule has 5 N–H and O–H groups in total. The molecule has 8 rings (SSSR count). The highest BCUT2D eigenvalue weighted by Crippen LogP contribution is 2.30. The number of ketones is 2. The predicted molar refractivity (Wildman–Crippen MR) is 251 cm³/mol. The van der Waals surface area contributed by atoms with Crippen molar-refractivity contribution in [3.05, 3.63) is 193 Å². The van der Waals surface area contributed by atoms with Crippen LogP contribution in [0.2, 0.25) is 20.1 Å². The Kier molecular flexibility index (Phi) is 12.3. The third-order valence-electron chi connectivity index (χ3n) is 9.63. The Morgan fingerprint density at radius 3 is 1.41 bits per heavy atom. The first-order valence-electron chi connectivity index (χ1n) is 18.8. The van der Waals surface area contributed by atoms with Crippen LogP contribution in [-0.2, 0) is 19.2 Å². The fourth-order valence-electron chi connectivity index (χ4n) is 6.48. The lowest BCUT2D eigenvalue weighted by atomic mass is 9.89. The van der Waals surface area contributed by atoms with Crippen molar-refractivity contribution in [1.29, 1.82) is 0 Å². The number of aliphatic hydroxyl groups is 1. The Bertz CT molecular complexity index is 3030. The summed E-state index contributed by atoms with van der Waals surface area (Å²) in [5.41, 5.74) is 9.80. The average molecular weight is 914 g/mol. The fourth-order valence-corrected chi connectivity index (χ4v) is 7.15. The molecule has 2 aliphatic carbocycles. The first kappa shape index (κ1) is 42.3. The van der Waals surface area contributed by atoms with Gasteiger partial charge in [0.2, 0.25) is 17.5 Å². The second kappa shape index (κ2) is 18.3. The van der Waals surface area contributed by atoms with E-state index in [2.05, 4.69) is 36.7 Å². The average Bonchev–Trinajstić information content (AvgIpc) is 3.28. The van der Waals surface area contributed by atoms with Crippen molar-refractivity contribution >= 4 is 128 Å². The maximum atomic E-state index is 13.6. The monoisotopic (exact) mass is 911 g/mol. The summed E-state index contributed by atoms with van der Waals surface area (Å²) in [5.74, 6) is -2.86. The Morgan fingerprint density at radius 1 is 0.524 bits per heavy atom. The molecular weight excluding hydrogens is 884 g/mol. The summed E-state index contributed by atoms with van der Waals surface area (Å²) in [6.45, 7) is 0. The van der Waals surface area contributed by atoms with Crippen LogP contribution in [0, 0.1) is 0 Å². The summed E-state index contributed by atoms with van der Waals surface area (Å²) in [7, 11) is 0. The van der Waals surface area contributed by atoms with E-state index in [1.54, 1.807) is 133 Å². The molecule has 0 saturated heterocycles. The number of amides is 2. The Hall–Kier alpha value is -7.35. The van der Waals surface area contributed by atoms with Crippen LogP contribution in [0.25, 0.3) is 12.2 Å². The summed E-state index contributed by atoms with van der Waals surface area (Å²) in [4.78, 5) is 58.5. The number of fused-ring (bicyclic) bond motifs is 2. The van der Waals surface area contributed by atoms with Crippen LogP contribution >= 0.6 is 46.4 Å². The van der Waals surface area contributed by atoms with Gasteiger partial charge < -0.3 is 15.7 Å². The minimum absolute atomic E-state index is 0.0126. The maximum Gasteiger partial charge on any atom is 0.259 e. The summed E-state index contributed by atoms with van der Waals surface area (Å²) >= 11 is 24.8. The van der Waals surface area contributed by atoms with E-state index in [-0.39, 0.29) is 28.5 Å². The molecule has 16 heteroatoms. The predicted octanol–water partition coefficient (Wildman–Crippen LogP) is 10.8. The van der Waals surface area contributed by atoms with Gasteiger partial charge in [0.25, 0.3) is 11.8 Å². The highest BCUT2D eigenvalue weighted by atomic mass is 35.5. The quantitative estimate of drug-likeness (QED) is 0.0393. The van der Waals surface area contributed by atoms with E-state index in [1.165, 1.54) is 12.2 Å². The molecule has 0 bridgehead atoms. The van der Waals surface area contributed by atoms with Crippen LogP contribution in [-0.4, -0.2) is 45.8 Å². The summed E-state index contributed by atoms with van der Waals surface area (Å²) in [6.07, 6.45) is 3.00. The number of rotatable bonds is 10. The molecule has 0 saturated carbocycles. The number of carbonyl (C=O) groups excluding carboxylic acids is 4. The molecule has 310 valence electrons. The summed E-state index contributed by atoms with van der Waals surface area (Å²) < 4.78 is 0. The SMILES string of the molecule is O=C(Nc1ccc(N=C(O)c2ccc(NC(=O)C3=Cc4ccccc4/C(=N\Nc4cc(Cl)ccc4Cl)C3=O)cc2)cc1)C1=Cc2ccccc2/C(=N/Nc2cc(Cl)ccc2Cl)C1=O. The van der Waals surface area contributed by atoms with E-state index in [0.717, 1.165) is 0 Å². The minimum atomic E-state index is -0.667. The molecule has 0 unspecified atom stereocenters. The van der Waals surface area contributed by atoms with Gasteiger partial charge in [0.15, 0.2) is 0 Å². The fraction of sp³-hybridized carbons (Fsp3) is 0. The molecule has 0 radical (unpaired) electrons. The zero-order valence-corrected chi connectivity index (χ0v) is 35.3. The van der Waals surface area contributed by atoms with Crippen LogP contribution in [0.1, 0.15) is 27.8 Å². The van der Waals surface area contributed by atoms with Crippen molar-refractivity contribution < 1.29 is 24.3 Å². The topological polar surface area (TPSA) is 174 Å². The highest BCUT2D eigenvalue weighted by molar-refractivity contribution is 6.60. The second-order valence-electron chi connectivity index (χ2n) is 13.8.